The zero-order valence-corrected chi connectivity index (χ0v) is 13.2. The summed E-state index contributed by atoms with van der Waals surface area (Å²) in [5.74, 6) is -0.248. The number of nitrogens with one attached hydrogen (secondary N) is 2. The molecule has 0 aliphatic heterocycles. The lowest BCUT2D eigenvalue weighted by atomic mass is 10.3. The Labute approximate surface area is 137 Å². The summed E-state index contributed by atoms with van der Waals surface area (Å²) in [6.07, 6.45) is 0. The van der Waals surface area contributed by atoms with Gasteiger partial charge in [0, 0.05) is 4.90 Å². The molecule has 0 saturated carbocycles. The standard InChI is InChI=1S/C16H15FN2O3S/c1-22-11-6-8-12(9-7-11)23-10-15(20)19-16(21)18-14-5-3-2-4-13(14)17/h2-9H,10H2,1H3,(H2,18,19,20,21). The first-order valence-electron chi connectivity index (χ1n) is 6.70. The molecule has 3 amide bonds. The molecule has 0 atom stereocenters. The zero-order valence-electron chi connectivity index (χ0n) is 12.3. The average Bonchev–Trinajstić information content (AvgIpc) is 2.55. The van der Waals surface area contributed by atoms with Crippen molar-refractivity contribution in [3.05, 3.63) is 54.3 Å². The molecule has 120 valence electrons. The van der Waals surface area contributed by atoms with Crippen LogP contribution in [0.15, 0.2) is 53.4 Å². The third-order valence-electron chi connectivity index (χ3n) is 2.80. The van der Waals surface area contributed by atoms with E-state index in [0.29, 0.717) is 0 Å². The predicted octanol–water partition coefficient (Wildman–Crippen LogP) is 3.27. The molecule has 0 saturated heterocycles. The van der Waals surface area contributed by atoms with E-state index in [1.165, 1.54) is 30.0 Å². The van der Waals surface area contributed by atoms with Crippen molar-refractivity contribution in [1.29, 1.82) is 0 Å². The average molecular weight is 334 g/mol. The van der Waals surface area contributed by atoms with E-state index in [-0.39, 0.29) is 11.4 Å². The Balaban J connectivity index is 1.79. The van der Waals surface area contributed by atoms with E-state index in [0.717, 1.165) is 10.6 Å². The number of ether oxygens (including phenoxy) is 1. The van der Waals surface area contributed by atoms with Gasteiger partial charge in [-0.2, -0.15) is 0 Å². The maximum Gasteiger partial charge on any atom is 0.325 e. The maximum atomic E-state index is 13.4. The lowest BCUT2D eigenvalue weighted by Crippen LogP contribution is -2.35. The van der Waals surface area contributed by atoms with Gasteiger partial charge < -0.3 is 10.1 Å². The molecule has 0 unspecified atom stereocenters. The Morgan fingerprint density at radius 2 is 1.83 bits per heavy atom. The van der Waals surface area contributed by atoms with Crippen LogP contribution in [0.1, 0.15) is 0 Å². The van der Waals surface area contributed by atoms with Crippen LogP contribution in [0.4, 0.5) is 14.9 Å². The molecule has 0 aliphatic carbocycles. The van der Waals surface area contributed by atoms with Crippen molar-refractivity contribution < 1.29 is 18.7 Å². The highest BCUT2D eigenvalue weighted by molar-refractivity contribution is 8.00. The quantitative estimate of drug-likeness (QED) is 0.824. The van der Waals surface area contributed by atoms with E-state index in [1.807, 2.05) is 12.1 Å². The van der Waals surface area contributed by atoms with Crippen molar-refractivity contribution in [3.63, 3.8) is 0 Å². The Morgan fingerprint density at radius 1 is 1.13 bits per heavy atom. The Morgan fingerprint density at radius 3 is 2.48 bits per heavy atom. The number of hydrogen-bond acceptors (Lipinski definition) is 4. The minimum Gasteiger partial charge on any atom is -0.497 e. The molecule has 0 radical (unpaired) electrons. The minimum absolute atomic E-state index is 0.0145. The van der Waals surface area contributed by atoms with Crippen LogP contribution in [0.5, 0.6) is 5.75 Å². The van der Waals surface area contributed by atoms with Crippen molar-refractivity contribution in [1.82, 2.24) is 5.32 Å². The fourth-order valence-electron chi connectivity index (χ4n) is 1.70. The van der Waals surface area contributed by atoms with Gasteiger partial charge in [-0.3, -0.25) is 10.1 Å². The number of amides is 3. The molecular formula is C16H15FN2O3S. The van der Waals surface area contributed by atoms with Gasteiger partial charge in [0.2, 0.25) is 5.91 Å². The molecular weight excluding hydrogens is 319 g/mol. The monoisotopic (exact) mass is 334 g/mol. The smallest absolute Gasteiger partial charge is 0.325 e. The lowest BCUT2D eigenvalue weighted by molar-refractivity contribution is -0.117. The van der Waals surface area contributed by atoms with Crippen LogP contribution < -0.4 is 15.4 Å². The first-order valence-corrected chi connectivity index (χ1v) is 7.69. The SMILES string of the molecule is COc1ccc(SCC(=O)NC(=O)Nc2ccccc2F)cc1. The molecule has 2 aromatic rings. The number of halogens is 1. The van der Waals surface area contributed by atoms with Gasteiger partial charge in [-0.05, 0) is 36.4 Å². The normalized spacial score (nSPS) is 10.0. The van der Waals surface area contributed by atoms with E-state index in [2.05, 4.69) is 10.6 Å². The van der Waals surface area contributed by atoms with E-state index in [4.69, 9.17) is 4.74 Å². The van der Waals surface area contributed by atoms with Gasteiger partial charge in [0.25, 0.3) is 0 Å². The molecule has 0 fully saturated rings. The van der Waals surface area contributed by atoms with E-state index in [9.17, 15) is 14.0 Å². The van der Waals surface area contributed by atoms with Crippen molar-refractivity contribution in [2.24, 2.45) is 0 Å². The summed E-state index contributed by atoms with van der Waals surface area (Å²) < 4.78 is 18.4. The molecule has 2 N–H and O–H groups in total. The Kier molecular flexibility index (Phi) is 5.99. The van der Waals surface area contributed by atoms with Crippen LogP contribution in [0.25, 0.3) is 0 Å². The molecule has 7 heteroatoms. The number of methoxy groups -OCH3 is 1. The van der Waals surface area contributed by atoms with Crippen LogP contribution >= 0.6 is 11.8 Å². The molecule has 2 aromatic carbocycles. The molecule has 23 heavy (non-hydrogen) atoms. The molecule has 0 aliphatic rings. The lowest BCUT2D eigenvalue weighted by Gasteiger charge is -2.07. The third kappa shape index (κ3) is 5.30. The van der Waals surface area contributed by atoms with Gasteiger partial charge in [-0.1, -0.05) is 12.1 Å². The maximum absolute atomic E-state index is 13.4. The number of carbonyl (C=O) groups is 2. The van der Waals surface area contributed by atoms with Crippen molar-refractivity contribution in [3.8, 4) is 5.75 Å². The van der Waals surface area contributed by atoms with Crippen LogP contribution in [-0.4, -0.2) is 24.8 Å². The second-order valence-electron chi connectivity index (χ2n) is 4.45. The Bertz CT molecular complexity index is 692. The number of thioether (sulfide) groups is 1. The largest absolute Gasteiger partial charge is 0.497 e. The number of rotatable bonds is 5. The summed E-state index contributed by atoms with van der Waals surface area (Å²) in [4.78, 5) is 24.2. The van der Waals surface area contributed by atoms with Gasteiger partial charge in [0.15, 0.2) is 0 Å². The van der Waals surface area contributed by atoms with Crippen molar-refractivity contribution in [2.75, 3.05) is 18.2 Å². The summed E-state index contributed by atoms with van der Waals surface area (Å²) in [6, 6.07) is 12.1. The third-order valence-corrected chi connectivity index (χ3v) is 3.82. The minimum atomic E-state index is -0.768. The van der Waals surface area contributed by atoms with Gasteiger partial charge in [0.05, 0.1) is 18.6 Å². The number of benzene rings is 2. The van der Waals surface area contributed by atoms with Gasteiger partial charge in [0.1, 0.15) is 11.6 Å². The van der Waals surface area contributed by atoms with Gasteiger partial charge in [-0.25, -0.2) is 9.18 Å². The Hall–Kier alpha value is -2.54. The molecule has 2 rings (SSSR count). The summed E-state index contributed by atoms with van der Waals surface area (Å²) >= 11 is 1.28. The van der Waals surface area contributed by atoms with E-state index >= 15 is 0 Å². The first kappa shape index (κ1) is 16.8. The molecule has 0 aromatic heterocycles. The van der Waals surface area contributed by atoms with Crippen LogP contribution in [0.3, 0.4) is 0 Å². The number of carbonyl (C=O) groups excluding carboxylic acids is 2. The van der Waals surface area contributed by atoms with Crippen LogP contribution in [0.2, 0.25) is 0 Å². The second-order valence-corrected chi connectivity index (χ2v) is 5.50. The number of para-hydroxylation sites is 1. The number of anilines is 1. The molecule has 0 heterocycles. The van der Waals surface area contributed by atoms with Gasteiger partial charge >= 0.3 is 6.03 Å². The number of urea groups is 1. The summed E-state index contributed by atoms with van der Waals surface area (Å²) in [6.45, 7) is 0. The fourth-order valence-corrected chi connectivity index (χ4v) is 2.40. The molecule has 0 spiro atoms. The topological polar surface area (TPSA) is 67.4 Å². The van der Waals surface area contributed by atoms with Crippen molar-refractivity contribution in [2.45, 2.75) is 4.90 Å². The highest BCUT2D eigenvalue weighted by Crippen LogP contribution is 2.21. The summed E-state index contributed by atoms with van der Waals surface area (Å²) in [5, 5.41) is 4.43. The second kappa shape index (κ2) is 8.19. The first-order chi connectivity index (χ1) is 11.1. The zero-order chi connectivity index (χ0) is 16.7. The molecule has 0 bridgehead atoms. The number of hydrogen-bond donors (Lipinski definition) is 2. The van der Waals surface area contributed by atoms with Crippen molar-refractivity contribution >= 4 is 29.4 Å². The predicted molar refractivity (Wildman–Crippen MR) is 87.3 cm³/mol. The van der Waals surface area contributed by atoms with Crippen LogP contribution in [0, 0.1) is 5.82 Å². The molecule has 5 nitrogen and oxygen atoms in total. The highest BCUT2D eigenvalue weighted by atomic mass is 32.2. The summed E-state index contributed by atoms with van der Waals surface area (Å²) in [5.41, 5.74) is 0.0145. The fraction of sp³-hybridized carbons (Fsp3) is 0.125. The highest BCUT2D eigenvalue weighted by Gasteiger charge is 2.10. The van der Waals surface area contributed by atoms with E-state index in [1.54, 1.807) is 25.3 Å². The number of imide groups is 1. The van der Waals surface area contributed by atoms with Crippen LogP contribution in [-0.2, 0) is 4.79 Å². The van der Waals surface area contributed by atoms with E-state index < -0.39 is 17.8 Å². The van der Waals surface area contributed by atoms with Gasteiger partial charge in [-0.15, -0.1) is 11.8 Å². The summed E-state index contributed by atoms with van der Waals surface area (Å²) in [7, 11) is 1.57.